The molecule has 0 aliphatic carbocycles. The van der Waals surface area contributed by atoms with Crippen LogP contribution in [0.4, 0.5) is 8.78 Å². The van der Waals surface area contributed by atoms with E-state index in [1.165, 1.54) is 26.4 Å². The molecule has 106 valence electrons. The van der Waals surface area contributed by atoms with Crippen molar-refractivity contribution in [2.75, 3.05) is 14.2 Å². The zero-order valence-corrected chi connectivity index (χ0v) is 11.2. The first kappa shape index (κ1) is 14.3. The SMILES string of the molecule is COc1ccc(C(N)c2cccc(F)c2F)c(OC)c1. The molecule has 2 N–H and O–H groups in total. The zero-order valence-electron chi connectivity index (χ0n) is 11.2. The molecule has 2 rings (SSSR count). The molecule has 0 aromatic heterocycles. The molecule has 0 saturated heterocycles. The van der Waals surface area contributed by atoms with Crippen LogP contribution in [0.25, 0.3) is 0 Å². The number of methoxy groups -OCH3 is 2. The maximum Gasteiger partial charge on any atom is 0.163 e. The second-order valence-electron chi connectivity index (χ2n) is 4.23. The second kappa shape index (κ2) is 5.88. The summed E-state index contributed by atoms with van der Waals surface area (Å²) in [5, 5.41) is 0. The van der Waals surface area contributed by atoms with Crippen molar-refractivity contribution < 1.29 is 18.3 Å². The summed E-state index contributed by atoms with van der Waals surface area (Å²) < 4.78 is 37.4. The Labute approximate surface area is 115 Å². The summed E-state index contributed by atoms with van der Waals surface area (Å²) in [6.45, 7) is 0. The van der Waals surface area contributed by atoms with Crippen LogP contribution in [-0.2, 0) is 0 Å². The lowest BCUT2D eigenvalue weighted by atomic mass is 9.98. The highest BCUT2D eigenvalue weighted by atomic mass is 19.2. The third kappa shape index (κ3) is 2.58. The van der Waals surface area contributed by atoms with E-state index in [2.05, 4.69) is 0 Å². The Morgan fingerprint density at radius 1 is 1.00 bits per heavy atom. The predicted molar refractivity (Wildman–Crippen MR) is 71.9 cm³/mol. The van der Waals surface area contributed by atoms with E-state index in [1.807, 2.05) is 0 Å². The largest absolute Gasteiger partial charge is 0.497 e. The summed E-state index contributed by atoms with van der Waals surface area (Å²) in [5.74, 6) is -0.818. The normalized spacial score (nSPS) is 12.1. The molecule has 0 amide bonds. The van der Waals surface area contributed by atoms with Gasteiger partial charge >= 0.3 is 0 Å². The van der Waals surface area contributed by atoms with Crippen LogP contribution in [0.3, 0.4) is 0 Å². The summed E-state index contributed by atoms with van der Waals surface area (Å²) >= 11 is 0. The lowest BCUT2D eigenvalue weighted by molar-refractivity contribution is 0.389. The number of halogens is 2. The lowest BCUT2D eigenvalue weighted by Gasteiger charge is -2.17. The lowest BCUT2D eigenvalue weighted by Crippen LogP contribution is -2.15. The van der Waals surface area contributed by atoms with Gasteiger partial charge in [-0.15, -0.1) is 0 Å². The summed E-state index contributed by atoms with van der Waals surface area (Å²) in [7, 11) is 3.01. The number of nitrogens with two attached hydrogens (primary N) is 1. The quantitative estimate of drug-likeness (QED) is 0.935. The summed E-state index contributed by atoms with van der Waals surface area (Å²) in [6, 6.07) is 8.10. The molecule has 3 nitrogen and oxygen atoms in total. The standard InChI is InChI=1S/C15H15F2NO2/c1-19-9-6-7-10(13(8-9)20-2)15(18)11-4-3-5-12(16)14(11)17/h3-8,15H,18H2,1-2H3. The average Bonchev–Trinajstić information content (AvgIpc) is 2.48. The van der Waals surface area contributed by atoms with Crippen molar-refractivity contribution in [3.8, 4) is 11.5 Å². The van der Waals surface area contributed by atoms with Gasteiger partial charge in [-0.3, -0.25) is 0 Å². The Balaban J connectivity index is 2.47. The van der Waals surface area contributed by atoms with Crippen molar-refractivity contribution in [2.45, 2.75) is 6.04 Å². The minimum Gasteiger partial charge on any atom is -0.497 e. The Hall–Kier alpha value is -2.14. The summed E-state index contributed by atoms with van der Waals surface area (Å²) in [6.07, 6.45) is 0. The first-order valence-electron chi connectivity index (χ1n) is 6.00. The molecule has 0 spiro atoms. The van der Waals surface area contributed by atoms with Gasteiger partial charge in [0, 0.05) is 17.2 Å². The number of benzene rings is 2. The molecule has 0 radical (unpaired) electrons. The van der Waals surface area contributed by atoms with Crippen LogP contribution in [0, 0.1) is 11.6 Å². The van der Waals surface area contributed by atoms with Gasteiger partial charge < -0.3 is 15.2 Å². The van der Waals surface area contributed by atoms with Crippen LogP contribution in [-0.4, -0.2) is 14.2 Å². The minimum atomic E-state index is -0.946. The highest BCUT2D eigenvalue weighted by Gasteiger charge is 2.19. The molecule has 1 unspecified atom stereocenters. The molecule has 5 heteroatoms. The van der Waals surface area contributed by atoms with Crippen molar-refractivity contribution in [3.05, 3.63) is 59.2 Å². The van der Waals surface area contributed by atoms with Crippen molar-refractivity contribution in [1.82, 2.24) is 0 Å². The molecular weight excluding hydrogens is 264 g/mol. The Kier molecular flexibility index (Phi) is 4.20. The van der Waals surface area contributed by atoms with Crippen LogP contribution in [0.1, 0.15) is 17.2 Å². The smallest absolute Gasteiger partial charge is 0.163 e. The molecule has 0 saturated carbocycles. The van der Waals surface area contributed by atoms with E-state index >= 15 is 0 Å². The van der Waals surface area contributed by atoms with Gasteiger partial charge in [0.1, 0.15) is 11.5 Å². The van der Waals surface area contributed by atoms with E-state index in [-0.39, 0.29) is 5.56 Å². The van der Waals surface area contributed by atoms with Crippen LogP contribution in [0.2, 0.25) is 0 Å². The first-order chi connectivity index (χ1) is 9.58. The number of rotatable bonds is 4. The molecule has 2 aromatic rings. The maximum atomic E-state index is 13.8. The van der Waals surface area contributed by atoms with E-state index in [4.69, 9.17) is 15.2 Å². The number of ether oxygens (including phenoxy) is 2. The highest BCUT2D eigenvalue weighted by molar-refractivity contribution is 5.46. The van der Waals surface area contributed by atoms with Gasteiger partial charge in [0.2, 0.25) is 0 Å². The summed E-state index contributed by atoms with van der Waals surface area (Å²) in [5.41, 5.74) is 6.66. The van der Waals surface area contributed by atoms with E-state index in [9.17, 15) is 8.78 Å². The van der Waals surface area contributed by atoms with Crippen LogP contribution < -0.4 is 15.2 Å². The van der Waals surface area contributed by atoms with Crippen molar-refractivity contribution in [2.24, 2.45) is 5.73 Å². The predicted octanol–water partition coefficient (Wildman–Crippen LogP) is 3.03. The Morgan fingerprint density at radius 2 is 1.75 bits per heavy atom. The fourth-order valence-corrected chi connectivity index (χ4v) is 2.00. The first-order valence-corrected chi connectivity index (χ1v) is 6.00. The Bertz CT molecular complexity index is 617. The molecular formula is C15H15F2NO2. The van der Waals surface area contributed by atoms with E-state index in [0.717, 1.165) is 6.07 Å². The van der Waals surface area contributed by atoms with Crippen LogP contribution >= 0.6 is 0 Å². The molecule has 0 heterocycles. The minimum absolute atomic E-state index is 0.0773. The van der Waals surface area contributed by atoms with Gasteiger partial charge in [0.05, 0.1) is 20.3 Å². The van der Waals surface area contributed by atoms with E-state index in [0.29, 0.717) is 17.1 Å². The van der Waals surface area contributed by atoms with Crippen molar-refractivity contribution in [1.29, 1.82) is 0 Å². The third-order valence-electron chi connectivity index (χ3n) is 3.09. The highest BCUT2D eigenvalue weighted by Crippen LogP contribution is 2.32. The summed E-state index contributed by atoms with van der Waals surface area (Å²) in [4.78, 5) is 0. The van der Waals surface area contributed by atoms with Crippen LogP contribution in [0.15, 0.2) is 36.4 Å². The van der Waals surface area contributed by atoms with Gasteiger partial charge in [0.25, 0.3) is 0 Å². The van der Waals surface area contributed by atoms with E-state index < -0.39 is 17.7 Å². The molecule has 0 aliphatic heterocycles. The molecule has 2 aromatic carbocycles. The molecule has 0 bridgehead atoms. The fourth-order valence-electron chi connectivity index (χ4n) is 2.00. The van der Waals surface area contributed by atoms with E-state index in [1.54, 1.807) is 18.2 Å². The second-order valence-corrected chi connectivity index (χ2v) is 4.23. The molecule has 1 atom stereocenters. The van der Waals surface area contributed by atoms with Crippen molar-refractivity contribution >= 4 is 0 Å². The maximum absolute atomic E-state index is 13.8. The number of hydrogen-bond acceptors (Lipinski definition) is 3. The fraction of sp³-hybridized carbons (Fsp3) is 0.200. The average molecular weight is 279 g/mol. The zero-order chi connectivity index (χ0) is 14.7. The Morgan fingerprint density at radius 3 is 2.40 bits per heavy atom. The molecule has 0 aliphatic rings. The number of hydrogen-bond donors (Lipinski definition) is 1. The van der Waals surface area contributed by atoms with Gasteiger partial charge in [-0.05, 0) is 18.2 Å². The monoisotopic (exact) mass is 279 g/mol. The van der Waals surface area contributed by atoms with Gasteiger partial charge in [-0.1, -0.05) is 12.1 Å². The van der Waals surface area contributed by atoms with Gasteiger partial charge in [0.15, 0.2) is 11.6 Å². The van der Waals surface area contributed by atoms with Crippen LogP contribution in [0.5, 0.6) is 11.5 Å². The molecule has 20 heavy (non-hydrogen) atoms. The van der Waals surface area contributed by atoms with Gasteiger partial charge in [-0.25, -0.2) is 8.78 Å². The molecule has 0 fully saturated rings. The topological polar surface area (TPSA) is 44.5 Å². The third-order valence-corrected chi connectivity index (χ3v) is 3.09. The van der Waals surface area contributed by atoms with Gasteiger partial charge in [-0.2, -0.15) is 0 Å². The van der Waals surface area contributed by atoms with Crippen molar-refractivity contribution in [3.63, 3.8) is 0 Å².